The maximum Gasteiger partial charge on any atom is 0.119 e. The highest BCUT2D eigenvalue weighted by atomic mass is 16.5. The number of benzene rings is 2. The van der Waals surface area contributed by atoms with Gasteiger partial charge in [-0.2, -0.15) is 0 Å². The molecule has 0 amide bonds. The first-order chi connectivity index (χ1) is 10.7. The summed E-state index contributed by atoms with van der Waals surface area (Å²) in [5, 5.41) is 3.52. The number of ether oxygens (including phenoxy) is 2. The van der Waals surface area contributed by atoms with Crippen LogP contribution in [0, 0.1) is 0 Å². The van der Waals surface area contributed by atoms with E-state index in [1.54, 1.807) is 14.2 Å². The molecule has 3 heteroatoms. The fourth-order valence-electron chi connectivity index (χ4n) is 2.33. The summed E-state index contributed by atoms with van der Waals surface area (Å²) in [6, 6.07) is 16.1. The van der Waals surface area contributed by atoms with Crippen LogP contribution in [0.5, 0.6) is 11.5 Å². The zero-order valence-electron chi connectivity index (χ0n) is 13.4. The Morgan fingerprint density at radius 2 is 1.45 bits per heavy atom. The lowest BCUT2D eigenvalue weighted by Gasteiger charge is -2.21. The molecule has 0 aliphatic carbocycles. The van der Waals surface area contributed by atoms with Crippen LogP contribution in [0.4, 0.5) is 5.69 Å². The van der Waals surface area contributed by atoms with Crippen molar-refractivity contribution >= 4 is 11.3 Å². The van der Waals surface area contributed by atoms with Crippen LogP contribution in [-0.4, -0.2) is 20.3 Å². The third-order valence-electron chi connectivity index (χ3n) is 3.72. The molecule has 0 aliphatic heterocycles. The highest BCUT2D eigenvalue weighted by Gasteiger charge is 2.12. The average Bonchev–Trinajstić information content (AvgIpc) is 2.59. The molecule has 116 valence electrons. The fourth-order valence-corrected chi connectivity index (χ4v) is 2.33. The molecule has 2 rings (SSSR count). The smallest absolute Gasteiger partial charge is 0.119 e. The second kappa shape index (κ2) is 7.55. The van der Waals surface area contributed by atoms with Crippen molar-refractivity contribution in [2.75, 3.05) is 19.5 Å². The highest BCUT2D eigenvalue weighted by molar-refractivity contribution is 5.71. The summed E-state index contributed by atoms with van der Waals surface area (Å²) < 4.78 is 10.4. The van der Waals surface area contributed by atoms with E-state index in [1.165, 1.54) is 0 Å². The van der Waals surface area contributed by atoms with Gasteiger partial charge in [-0.25, -0.2) is 0 Å². The summed E-state index contributed by atoms with van der Waals surface area (Å²) in [7, 11) is 3.34. The number of nitrogens with one attached hydrogen (secondary N) is 1. The Morgan fingerprint density at radius 1 is 0.955 bits per heavy atom. The maximum absolute atomic E-state index is 5.20. The van der Waals surface area contributed by atoms with Gasteiger partial charge in [-0.3, -0.25) is 0 Å². The van der Waals surface area contributed by atoms with E-state index in [9.17, 15) is 0 Å². The largest absolute Gasteiger partial charge is 0.497 e. The molecule has 3 nitrogen and oxygen atoms in total. The van der Waals surface area contributed by atoms with Gasteiger partial charge in [0.2, 0.25) is 0 Å². The van der Waals surface area contributed by atoms with E-state index >= 15 is 0 Å². The lowest BCUT2D eigenvalue weighted by Crippen LogP contribution is -2.19. The number of hydrogen-bond donors (Lipinski definition) is 1. The molecule has 1 N–H and O–H groups in total. The minimum absolute atomic E-state index is 0.182. The van der Waals surface area contributed by atoms with Crippen molar-refractivity contribution in [3.63, 3.8) is 0 Å². The molecule has 2 aromatic carbocycles. The van der Waals surface area contributed by atoms with E-state index in [0.717, 1.165) is 34.7 Å². The molecule has 0 fully saturated rings. The molecular formula is C19H23NO2. The van der Waals surface area contributed by atoms with Crippen molar-refractivity contribution in [3.05, 3.63) is 60.7 Å². The van der Waals surface area contributed by atoms with Crippen LogP contribution in [0.1, 0.15) is 18.9 Å². The van der Waals surface area contributed by atoms with E-state index < -0.39 is 0 Å². The van der Waals surface area contributed by atoms with Gasteiger partial charge < -0.3 is 14.8 Å². The SMILES string of the molecule is C=C(c1ccc(OC)cc1)C(CC)Nc1ccc(OC)cc1. The van der Waals surface area contributed by atoms with Crippen LogP contribution in [0.25, 0.3) is 5.57 Å². The lowest BCUT2D eigenvalue weighted by molar-refractivity contribution is 0.414. The third kappa shape index (κ3) is 3.82. The van der Waals surface area contributed by atoms with Crippen LogP contribution >= 0.6 is 0 Å². The minimum atomic E-state index is 0.182. The van der Waals surface area contributed by atoms with Crippen molar-refractivity contribution in [1.29, 1.82) is 0 Å². The highest BCUT2D eigenvalue weighted by Crippen LogP contribution is 2.25. The van der Waals surface area contributed by atoms with Gasteiger partial charge in [0.05, 0.1) is 20.3 Å². The van der Waals surface area contributed by atoms with E-state index in [2.05, 4.69) is 18.8 Å². The Morgan fingerprint density at radius 3 is 1.91 bits per heavy atom. The van der Waals surface area contributed by atoms with E-state index in [0.29, 0.717) is 0 Å². The predicted octanol–water partition coefficient (Wildman–Crippen LogP) is 4.61. The number of methoxy groups -OCH3 is 2. The molecule has 22 heavy (non-hydrogen) atoms. The zero-order valence-corrected chi connectivity index (χ0v) is 13.4. The molecule has 0 saturated heterocycles. The van der Waals surface area contributed by atoms with E-state index in [-0.39, 0.29) is 6.04 Å². The Hall–Kier alpha value is -2.42. The molecule has 0 aliphatic rings. The predicted molar refractivity (Wildman–Crippen MR) is 92.7 cm³/mol. The summed E-state index contributed by atoms with van der Waals surface area (Å²) in [5.41, 5.74) is 3.25. The monoisotopic (exact) mass is 297 g/mol. The summed E-state index contributed by atoms with van der Waals surface area (Å²) in [5.74, 6) is 1.71. The first-order valence-corrected chi connectivity index (χ1v) is 7.41. The summed E-state index contributed by atoms with van der Waals surface area (Å²) >= 11 is 0. The molecule has 0 aromatic heterocycles. The molecule has 0 bridgehead atoms. The van der Waals surface area contributed by atoms with Crippen molar-refractivity contribution in [1.82, 2.24) is 0 Å². The van der Waals surface area contributed by atoms with Crippen molar-refractivity contribution in [2.24, 2.45) is 0 Å². The van der Waals surface area contributed by atoms with Crippen molar-refractivity contribution < 1.29 is 9.47 Å². The first kappa shape index (κ1) is 16.0. The zero-order chi connectivity index (χ0) is 15.9. The minimum Gasteiger partial charge on any atom is -0.497 e. The normalized spacial score (nSPS) is 11.6. The van der Waals surface area contributed by atoms with Gasteiger partial charge in [0.15, 0.2) is 0 Å². The standard InChI is InChI=1S/C19H23NO2/c1-5-19(20-16-8-12-18(22-4)13-9-16)14(2)15-6-10-17(21-3)11-7-15/h6-13,19-20H,2,5H2,1,3-4H3. The van der Waals surface area contributed by atoms with Gasteiger partial charge in [0.25, 0.3) is 0 Å². The average molecular weight is 297 g/mol. The summed E-state index contributed by atoms with van der Waals surface area (Å²) in [6.45, 7) is 6.40. The van der Waals surface area contributed by atoms with Gasteiger partial charge in [-0.15, -0.1) is 0 Å². The van der Waals surface area contributed by atoms with Gasteiger partial charge >= 0.3 is 0 Å². The number of hydrogen-bond acceptors (Lipinski definition) is 3. The Labute approximate surface area is 132 Å². The number of rotatable bonds is 7. The molecular weight excluding hydrogens is 274 g/mol. The summed E-state index contributed by atoms with van der Waals surface area (Å²) in [6.07, 6.45) is 0.955. The molecule has 0 heterocycles. The third-order valence-corrected chi connectivity index (χ3v) is 3.72. The van der Waals surface area contributed by atoms with Crippen molar-refractivity contribution in [2.45, 2.75) is 19.4 Å². The van der Waals surface area contributed by atoms with E-state index in [1.807, 2.05) is 48.5 Å². The van der Waals surface area contributed by atoms with Gasteiger partial charge in [0.1, 0.15) is 11.5 Å². The maximum atomic E-state index is 5.20. The Balaban J connectivity index is 2.10. The van der Waals surface area contributed by atoms with Gasteiger partial charge in [-0.05, 0) is 54.0 Å². The van der Waals surface area contributed by atoms with Crippen LogP contribution in [-0.2, 0) is 0 Å². The fraction of sp³-hybridized carbons (Fsp3) is 0.263. The van der Waals surface area contributed by atoms with Crippen LogP contribution in [0.15, 0.2) is 55.1 Å². The lowest BCUT2D eigenvalue weighted by atomic mass is 9.98. The molecule has 0 radical (unpaired) electrons. The van der Waals surface area contributed by atoms with Gasteiger partial charge in [0, 0.05) is 5.69 Å². The second-order valence-corrected chi connectivity index (χ2v) is 5.09. The van der Waals surface area contributed by atoms with Crippen molar-refractivity contribution in [3.8, 4) is 11.5 Å². The summed E-state index contributed by atoms with van der Waals surface area (Å²) in [4.78, 5) is 0. The first-order valence-electron chi connectivity index (χ1n) is 7.41. The topological polar surface area (TPSA) is 30.5 Å². The molecule has 0 spiro atoms. The van der Waals surface area contributed by atoms with E-state index in [4.69, 9.17) is 9.47 Å². The molecule has 2 aromatic rings. The molecule has 1 unspecified atom stereocenters. The van der Waals surface area contributed by atoms with Crippen LogP contribution < -0.4 is 14.8 Å². The number of anilines is 1. The quantitative estimate of drug-likeness (QED) is 0.809. The van der Waals surface area contributed by atoms with Gasteiger partial charge in [-0.1, -0.05) is 25.6 Å². The second-order valence-electron chi connectivity index (χ2n) is 5.09. The Kier molecular flexibility index (Phi) is 5.48. The molecule has 1 atom stereocenters. The van der Waals surface area contributed by atoms with Crippen LogP contribution in [0.3, 0.4) is 0 Å². The van der Waals surface area contributed by atoms with Crippen LogP contribution in [0.2, 0.25) is 0 Å². The molecule has 0 saturated carbocycles. The Bertz CT molecular complexity index is 602.